The molecule has 4 nitrogen and oxygen atoms in total. The van der Waals surface area contributed by atoms with Gasteiger partial charge in [-0.15, -0.1) is 0 Å². The van der Waals surface area contributed by atoms with Crippen LogP contribution in [0.25, 0.3) is 0 Å². The van der Waals surface area contributed by atoms with Crippen molar-refractivity contribution in [3.8, 4) is 0 Å². The topological polar surface area (TPSA) is 51.5 Å². The number of nitrogens with one attached hydrogen (secondary N) is 1. The normalized spacial score (nSPS) is 11.9. The molecule has 2 aromatic rings. The summed E-state index contributed by atoms with van der Waals surface area (Å²) in [5.74, 6) is 0.582. The molecule has 106 valence electrons. The van der Waals surface area contributed by atoms with Gasteiger partial charge in [0, 0.05) is 18.2 Å². The van der Waals surface area contributed by atoms with E-state index >= 15 is 0 Å². The summed E-state index contributed by atoms with van der Waals surface area (Å²) in [5, 5.41) is 3.33. The fourth-order valence-corrected chi connectivity index (χ4v) is 2.11. The maximum absolute atomic E-state index is 11.8. The summed E-state index contributed by atoms with van der Waals surface area (Å²) in [6.45, 7) is 3.99. The van der Waals surface area contributed by atoms with Crippen LogP contribution < -0.4 is 5.32 Å². The van der Waals surface area contributed by atoms with Gasteiger partial charge in [-0.2, -0.15) is 0 Å². The summed E-state index contributed by atoms with van der Waals surface area (Å²) in [6.07, 6.45) is 2.41. The van der Waals surface area contributed by atoms with Gasteiger partial charge >= 0.3 is 5.97 Å². The molecule has 1 heterocycles. The van der Waals surface area contributed by atoms with Gasteiger partial charge in [0.1, 0.15) is 5.76 Å². The number of rotatable bonds is 5. The van der Waals surface area contributed by atoms with E-state index in [9.17, 15) is 4.79 Å². The molecule has 2 rings (SSSR count). The van der Waals surface area contributed by atoms with Gasteiger partial charge in [0.25, 0.3) is 0 Å². The van der Waals surface area contributed by atoms with Crippen LogP contribution in [0, 0.1) is 6.92 Å². The highest BCUT2D eigenvalue weighted by atomic mass is 16.5. The van der Waals surface area contributed by atoms with Crippen LogP contribution in [0.5, 0.6) is 0 Å². The first-order valence-electron chi connectivity index (χ1n) is 6.58. The first-order chi connectivity index (χ1) is 9.60. The van der Waals surface area contributed by atoms with Gasteiger partial charge < -0.3 is 14.5 Å². The fraction of sp³-hybridized carbons (Fsp3) is 0.312. The first-order valence-corrected chi connectivity index (χ1v) is 6.58. The Kier molecular flexibility index (Phi) is 4.45. The SMILES string of the molecule is COC(=O)c1cc(C)ccc1NC(C)Cc1ccco1. The number of ether oxygens (including phenoxy) is 1. The predicted octanol–water partition coefficient (Wildman–Crippen LogP) is 3.42. The van der Waals surface area contributed by atoms with Crippen molar-refractivity contribution in [2.45, 2.75) is 26.3 Å². The van der Waals surface area contributed by atoms with E-state index in [-0.39, 0.29) is 12.0 Å². The van der Waals surface area contributed by atoms with Gasteiger partial charge in [-0.05, 0) is 38.1 Å². The molecular formula is C16H19NO3. The third-order valence-electron chi connectivity index (χ3n) is 3.07. The number of hydrogen-bond donors (Lipinski definition) is 1. The molecule has 1 aromatic carbocycles. The second kappa shape index (κ2) is 6.28. The Bertz CT molecular complexity index is 575. The van der Waals surface area contributed by atoms with Gasteiger partial charge in [0.15, 0.2) is 0 Å². The van der Waals surface area contributed by atoms with E-state index in [1.165, 1.54) is 7.11 Å². The highest BCUT2D eigenvalue weighted by Gasteiger charge is 2.14. The molecule has 0 radical (unpaired) electrons. The van der Waals surface area contributed by atoms with Crippen LogP contribution in [0.4, 0.5) is 5.69 Å². The third kappa shape index (κ3) is 3.41. The first kappa shape index (κ1) is 14.2. The van der Waals surface area contributed by atoms with Crippen molar-refractivity contribution in [3.63, 3.8) is 0 Å². The van der Waals surface area contributed by atoms with E-state index in [1.807, 2.05) is 44.2 Å². The monoisotopic (exact) mass is 273 g/mol. The summed E-state index contributed by atoms with van der Waals surface area (Å²) in [4.78, 5) is 11.8. The molecule has 1 atom stereocenters. The summed E-state index contributed by atoms with van der Waals surface area (Å²) in [5.41, 5.74) is 2.36. The van der Waals surface area contributed by atoms with Crippen molar-refractivity contribution in [3.05, 3.63) is 53.5 Å². The summed E-state index contributed by atoms with van der Waals surface area (Å²) in [6, 6.07) is 9.65. The molecule has 0 fully saturated rings. The quantitative estimate of drug-likeness (QED) is 0.848. The Hall–Kier alpha value is -2.23. The van der Waals surface area contributed by atoms with Crippen LogP contribution in [0.15, 0.2) is 41.0 Å². The lowest BCUT2D eigenvalue weighted by Gasteiger charge is -2.17. The molecule has 0 saturated carbocycles. The van der Waals surface area contributed by atoms with Gasteiger partial charge in [-0.3, -0.25) is 0 Å². The largest absolute Gasteiger partial charge is 0.469 e. The molecule has 1 aromatic heterocycles. The Morgan fingerprint density at radius 2 is 2.20 bits per heavy atom. The lowest BCUT2D eigenvalue weighted by molar-refractivity contribution is 0.0601. The number of anilines is 1. The van der Waals surface area contributed by atoms with Crippen molar-refractivity contribution in [1.82, 2.24) is 0 Å². The minimum atomic E-state index is -0.332. The fourth-order valence-electron chi connectivity index (χ4n) is 2.11. The van der Waals surface area contributed by atoms with Crippen LogP contribution in [0.2, 0.25) is 0 Å². The van der Waals surface area contributed by atoms with Crippen molar-refractivity contribution in [1.29, 1.82) is 0 Å². The second-order valence-electron chi connectivity index (χ2n) is 4.87. The van der Waals surface area contributed by atoms with Gasteiger partial charge in [0.2, 0.25) is 0 Å². The lowest BCUT2D eigenvalue weighted by atomic mass is 10.1. The van der Waals surface area contributed by atoms with E-state index in [4.69, 9.17) is 9.15 Å². The number of hydrogen-bond acceptors (Lipinski definition) is 4. The van der Waals surface area contributed by atoms with E-state index < -0.39 is 0 Å². The number of carbonyl (C=O) groups is 1. The predicted molar refractivity (Wildman–Crippen MR) is 78.0 cm³/mol. The van der Waals surface area contributed by atoms with Crippen molar-refractivity contribution in [2.24, 2.45) is 0 Å². The van der Waals surface area contributed by atoms with Crippen molar-refractivity contribution in [2.75, 3.05) is 12.4 Å². The van der Waals surface area contributed by atoms with Crippen LogP contribution in [-0.4, -0.2) is 19.1 Å². The lowest BCUT2D eigenvalue weighted by Crippen LogP contribution is -2.20. The van der Waals surface area contributed by atoms with Gasteiger partial charge in [0.05, 0.1) is 18.9 Å². The number of aryl methyl sites for hydroxylation is 1. The standard InChI is InChI=1S/C16H19NO3/c1-11-6-7-15(14(9-11)16(18)19-3)17-12(2)10-13-5-4-8-20-13/h4-9,12,17H,10H2,1-3H3. The zero-order valence-corrected chi connectivity index (χ0v) is 12.0. The molecule has 4 heteroatoms. The Morgan fingerprint density at radius 3 is 2.85 bits per heavy atom. The highest BCUT2D eigenvalue weighted by Crippen LogP contribution is 2.20. The molecule has 0 aliphatic rings. The van der Waals surface area contributed by atoms with E-state index in [2.05, 4.69) is 5.32 Å². The van der Waals surface area contributed by atoms with Crippen LogP contribution >= 0.6 is 0 Å². The average Bonchev–Trinajstić information content (AvgIpc) is 2.92. The maximum Gasteiger partial charge on any atom is 0.339 e. The summed E-state index contributed by atoms with van der Waals surface area (Å²) < 4.78 is 10.2. The number of furan rings is 1. The number of methoxy groups -OCH3 is 1. The molecule has 20 heavy (non-hydrogen) atoms. The minimum Gasteiger partial charge on any atom is -0.469 e. The molecule has 1 unspecified atom stereocenters. The van der Waals surface area contributed by atoms with Crippen molar-refractivity contribution >= 4 is 11.7 Å². The molecule has 0 aliphatic carbocycles. The highest BCUT2D eigenvalue weighted by molar-refractivity contribution is 5.95. The second-order valence-corrected chi connectivity index (χ2v) is 4.87. The van der Waals surface area contributed by atoms with Crippen LogP contribution in [-0.2, 0) is 11.2 Å². The summed E-state index contributed by atoms with van der Waals surface area (Å²) >= 11 is 0. The van der Waals surface area contributed by atoms with E-state index in [0.29, 0.717) is 5.56 Å². The molecule has 1 N–H and O–H groups in total. The van der Waals surface area contributed by atoms with Crippen LogP contribution in [0.3, 0.4) is 0 Å². The van der Waals surface area contributed by atoms with Gasteiger partial charge in [-0.1, -0.05) is 11.6 Å². The van der Waals surface area contributed by atoms with Gasteiger partial charge in [-0.25, -0.2) is 4.79 Å². The number of benzene rings is 1. The summed E-state index contributed by atoms with van der Waals surface area (Å²) in [7, 11) is 1.39. The minimum absolute atomic E-state index is 0.146. The van der Waals surface area contributed by atoms with E-state index in [0.717, 1.165) is 23.4 Å². The third-order valence-corrected chi connectivity index (χ3v) is 3.07. The van der Waals surface area contributed by atoms with Crippen LogP contribution in [0.1, 0.15) is 28.6 Å². The van der Waals surface area contributed by atoms with Crippen molar-refractivity contribution < 1.29 is 13.9 Å². The Balaban J connectivity index is 2.14. The molecule has 0 spiro atoms. The molecule has 0 bridgehead atoms. The average molecular weight is 273 g/mol. The molecular weight excluding hydrogens is 254 g/mol. The van der Waals surface area contributed by atoms with E-state index in [1.54, 1.807) is 6.26 Å². The molecule has 0 aliphatic heterocycles. The Labute approximate surface area is 118 Å². The number of carbonyl (C=O) groups excluding carboxylic acids is 1. The molecule has 0 saturated heterocycles. The Morgan fingerprint density at radius 1 is 1.40 bits per heavy atom. The number of esters is 1. The zero-order valence-electron chi connectivity index (χ0n) is 12.0. The zero-order chi connectivity index (χ0) is 14.5. The maximum atomic E-state index is 11.8. The smallest absolute Gasteiger partial charge is 0.339 e. The molecule has 0 amide bonds.